The van der Waals surface area contributed by atoms with Crippen molar-refractivity contribution in [3.05, 3.63) is 134 Å². The molecule has 0 bridgehead atoms. The number of ether oxygens (including phenoxy) is 3. The molecule has 1 atom stereocenters. The zero-order chi connectivity index (χ0) is 45.8. The molecule has 0 spiro atoms. The quantitative estimate of drug-likeness (QED) is 0.0200. The maximum absolute atomic E-state index is 12.8. The Hall–Kier alpha value is -4.45. The summed E-state index contributed by atoms with van der Waals surface area (Å²) in [4.78, 5) is 37.9. The van der Waals surface area contributed by atoms with E-state index in [9.17, 15) is 14.4 Å². The van der Waals surface area contributed by atoms with Gasteiger partial charge in [-0.15, -0.1) is 0 Å². The SMILES string of the molecule is CCC\C=C/C=C\C=C/C=C\C=C/CCCCCCCC(=O)OCC(COC(=O)CCC/C=C\CCCCCC)OC(=O)CCCCCCC\C=C/C=C\C=C/C=C\C=C/CCC. The number of esters is 3. The van der Waals surface area contributed by atoms with Crippen LogP contribution < -0.4 is 0 Å². The third-order valence-corrected chi connectivity index (χ3v) is 9.82. The van der Waals surface area contributed by atoms with Crippen molar-refractivity contribution in [3.63, 3.8) is 0 Å². The maximum atomic E-state index is 12.8. The van der Waals surface area contributed by atoms with Crippen LogP contribution in [0.15, 0.2) is 134 Å². The molecule has 0 N–H and O–H groups in total. The molecule has 0 saturated heterocycles. The first-order valence-corrected chi connectivity index (χ1v) is 24.8. The summed E-state index contributed by atoms with van der Waals surface area (Å²) in [5.41, 5.74) is 0. The van der Waals surface area contributed by atoms with Crippen molar-refractivity contribution >= 4 is 17.9 Å². The average molecular weight is 869 g/mol. The minimum Gasteiger partial charge on any atom is -0.462 e. The van der Waals surface area contributed by atoms with E-state index >= 15 is 0 Å². The molecule has 0 rings (SSSR count). The average Bonchev–Trinajstić information content (AvgIpc) is 3.28. The minimum atomic E-state index is -0.817. The van der Waals surface area contributed by atoms with E-state index in [-0.39, 0.29) is 37.5 Å². The van der Waals surface area contributed by atoms with Crippen molar-refractivity contribution in [2.45, 2.75) is 194 Å². The fourth-order valence-electron chi connectivity index (χ4n) is 6.09. The molecule has 6 nitrogen and oxygen atoms in total. The molecule has 0 saturated carbocycles. The third-order valence-electron chi connectivity index (χ3n) is 9.82. The van der Waals surface area contributed by atoms with Crippen LogP contribution in [-0.2, 0) is 28.6 Å². The van der Waals surface area contributed by atoms with Crippen molar-refractivity contribution in [2.24, 2.45) is 0 Å². The first-order chi connectivity index (χ1) is 31.0. The van der Waals surface area contributed by atoms with Gasteiger partial charge in [-0.05, 0) is 77.0 Å². The Balaban J connectivity index is 4.51. The first-order valence-electron chi connectivity index (χ1n) is 24.8. The van der Waals surface area contributed by atoms with Gasteiger partial charge in [0.25, 0.3) is 0 Å². The molecule has 0 aliphatic carbocycles. The highest BCUT2D eigenvalue weighted by Gasteiger charge is 2.19. The van der Waals surface area contributed by atoms with Gasteiger partial charge < -0.3 is 14.2 Å². The van der Waals surface area contributed by atoms with Crippen molar-refractivity contribution in [3.8, 4) is 0 Å². The molecule has 0 aromatic heterocycles. The van der Waals surface area contributed by atoms with Crippen LogP contribution in [0.3, 0.4) is 0 Å². The second kappa shape index (κ2) is 50.2. The Morgan fingerprint density at radius 2 is 0.635 bits per heavy atom. The van der Waals surface area contributed by atoms with Gasteiger partial charge in [0, 0.05) is 19.3 Å². The van der Waals surface area contributed by atoms with E-state index in [4.69, 9.17) is 14.2 Å². The summed E-state index contributed by atoms with van der Waals surface area (Å²) in [6.45, 7) is 6.33. The number of rotatable bonds is 42. The molecule has 0 heterocycles. The van der Waals surface area contributed by atoms with Gasteiger partial charge in [-0.2, -0.15) is 0 Å². The Morgan fingerprint density at radius 1 is 0.317 bits per heavy atom. The molecule has 0 aliphatic rings. The lowest BCUT2D eigenvalue weighted by atomic mass is 10.1. The molecular weight excluding hydrogens is 781 g/mol. The summed E-state index contributed by atoms with van der Waals surface area (Å²) in [5.74, 6) is -1.01. The second-order valence-electron chi connectivity index (χ2n) is 15.9. The van der Waals surface area contributed by atoms with Gasteiger partial charge in [0.1, 0.15) is 13.2 Å². The van der Waals surface area contributed by atoms with E-state index in [1.165, 1.54) is 38.5 Å². The molecule has 0 amide bonds. The smallest absolute Gasteiger partial charge is 0.306 e. The second-order valence-corrected chi connectivity index (χ2v) is 15.9. The van der Waals surface area contributed by atoms with E-state index in [0.717, 1.165) is 103 Å². The molecule has 1 unspecified atom stereocenters. The standard InChI is InChI=1S/C57H88O6/c1-4-7-10-13-16-19-21-23-25-27-29-31-33-35-38-41-44-47-50-56(59)62-53-54(52-61-55(58)49-46-43-40-37-18-15-12-9-6-3)63-57(60)51-48-45-42-39-36-34-32-30-28-26-24-22-20-17-14-11-8-5-2/h10-11,13-14,16-17,19-32,37,40,54H,4-9,12,15,18,33-36,38-39,41-53H2,1-3H3/b13-10-,14-11-,19-16-,20-17-,23-21-,24-22-,27-25-,28-26-,31-29-,32-30-,40-37-. The van der Waals surface area contributed by atoms with Gasteiger partial charge >= 0.3 is 17.9 Å². The summed E-state index contributed by atoms with van der Waals surface area (Å²) in [6.07, 6.45) is 70.0. The lowest BCUT2D eigenvalue weighted by Gasteiger charge is -2.18. The molecule has 0 aromatic rings. The Bertz CT molecular complexity index is 1420. The summed E-state index contributed by atoms with van der Waals surface area (Å²) < 4.78 is 16.7. The molecular formula is C57H88O6. The molecule has 6 heteroatoms. The lowest BCUT2D eigenvalue weighted by Crippen LogP contribution is -2.30. The monoisotopic (exact) mass is 869 g/mol. The number of carbonyl (C=O) groups excluding carboxylic acids is 3. The van der Waals surface area contributed by atoms with Gasteiger partial charge in [-0.1, -0.05) is 225 Å². The number of hydrogen-bond acceptors (Lipinski definition) is 6. The van der Waals surface area contributed by atoms with Crippen molar-refractivity contribution < 1.29 is 28.6 Å². The van der Waals surface area contributed by atoms with Gasteiger partial charge in [-0.3, -0.25) is 14.4 Å². The summed E-state index contributed by atoms with van der Waals surface area (Å²) in [6, 6.07) is 0. The van der Waals surface area contributed by atoms with Crippen LogP contribution >= 0.6 is 0 Å². The highest BCUT2D eigenvalue weighted by Crippen LogP contribution is 2.12. The van der Waals surface area contributed by atoms with Crippen LogP contribution in [0.1, 0.15) is 188 Å². The van der Waals surface area contributed by atoms with Gasteiger partial charge in [0.2, 0.25) is 0 Å². The van der Waals surface area contributed by atoms with Crippen LogP contribution in [0.2, 0.25) is 0 Å². The molecule has 352 valence electrons. The maximum Gasteiger partial charge on any atom is 0.306 e. The van der Waals surface area contributed by atoms with Crippen LogP contribution in [0, 0.1) is 0 Å². The number of allylic oxidation sites excluding steroid dienone is 22. The largest absolute Gasteiger partial charge is 0.462 e. The topological polar surface area (TPSA) is 78.9 Å². The predicted molar refractivity (Wildman–Crippen MR) is 269 cm³/mol. The summed E-state index contributed by atoms with van der Waals surface area (Å²) in [5, 5.41) is 0. The fraction of sp³-hybridized carbons (Fsp3) is 0.561. The molecule has 0 aromatic carbocycles. The van der Waals surface area contributed by atoms with Crippen molar-refractivity contribution in [1.29, 1.82) is 0 Å². The highest BCUT2D eigenvalue weighted by molar-refractivity contribution is 5.71. The zero-order valence-corrected chi connectivity index (χ0v) is 40.0. The number of hydrogen-bond donors (Lipinski definition) is 0. The van der Waals surface area contributed by atoms with Gasteiger partial charge in [0.05, 0.1) is 0 Å². The molecule has 63 heavy (non-hydrogen) atoms. The third kappa shape index (κ3) is 48.4. The van der Waals surface area contributed by atoms with E-state index in [1.807, 2.05) is 72.9 Å². The van der Waals surface area contributed by atoms with Crippen molar-refractivity contribution in [1.82, 2.24) is 0 Å². The van der Waals surface area contributed by atoms with E-state index in [2.05, 4.69) is 81.5 Å². The summed E-state index contributed by atoms with van der Waals surface area (Å²) in [7, 11) is 0. The summed E-state index contributed by atoms with van der Waals surface area (Å²) >= 11 is 0. The molecule has 0 radical (unpaired) electrons. The number of carbonyl (C=O) groups is 3. The highest BCUT2D eigenvalue weighted by atomic mass is 16.6. The van der Waals surface area contributed by atoms with Gasteiger partial charge in [0.15, 0.2) is 6.10 Å². The fourth-order valence-corrected chi connectivity index (χ4v) is 6.09. The molecule has 0 fully saturated rings. The number of unbranched alkanes of at least 4 members (excludes halogenated alkanes) is 17. The van der Waals surface area contributed by atoms with Crippen LogP contribution in [0.5, 0.6) is 0 Å². The van der Waals surface area contributed by atoms with Crippen LogP contribution in [0.25, 0.3) is 0 Å². The van der Waals surface area contributed by atoms with E-state index in [1.54, 1.807) is 0 Å². The van der Waals surface area contributed by atoms with E-state index < -0.39 is 6.10 Å². The Labute approximate surface area is 385 Å². The minimum absolute atomic E-state index is 0.116. The van der Waals surface area contributed by atoms with E-state index in [0.29, 0.717) is 19.3 Å². The normalized spacial score (nSPS) is 13.3. The van der Waals surface area contributed by atoms with Crippen molar-refractivity contribution in [2.75, 3.05) is 13.2 Å². The first kappa shape index (κ1) is 58.6. The lowest BCUT2D eigenvalue weighted by molar-refractivity contribution is -0.167. The molecule has 0 aliphatic heterocycles. The van der Waals surface area contributed by atoms with Crippen LogP contribution in [-0.4, -0.2) is 37.2 Å². The predicted octanol–water partition coefficient (Wildman–Crippen LogP) is 16.3. The zero-order valence-electron chi connectivity index (χ0n) is 40.0. The Kier molecular flexibility index (Phi) is 46.7. The van der Waals surface area contributed by atoms with Crippen LogP contribution in [0.4, 0.5) is 0 Å². The van der Waals surface area contributed by atoms with Gasteiger partial charge in [-0.25, -0.2) is 0 Å². The Morgan fingerprint density at radius 3 is 1.06 bits per heavy atom.